The highest BCUT2D eigenvalue weighted by molar-refractivity contribution is 5.81. The molecule has 1 amide bonds. The van der Waals surface area contributed by atoms with E-state index in [2.05, 4.69) is 13.8 Å². The topological polar surface area (TPSA) is 57.6 Å². The molecule has 1 saturated heterocycles. The molecule has 96 valence electrons. The van der Waals surface area contributed by atoms with Gasteiger partial charge in [-0.2, -0.15) is 0 Å². The summed E-state index contributed by atoms with van der Waals surface area (Å²) >= 11 is 0. The minimum Gasteiger partial charge on any atom is -0.481 e. The van der Waals surface area contributed by atoms with Gasteiger partial charge in [0.1, 0.15) is 0 Å². The van der Waals surface area contributed by atoms with Crippen molar-refractivity contribution in [2.24, 2.45) is 23.7 Å². The lowest BCUT2D eigenvalue weighted by Crippen LogP contribution is -2.34. The van der Waals surface area contributed by atoms with Crippen LogP contribution in [-0.4, -0.2) is 35.0 Å². The van der Waals surface area contributed by atoms with Crippen LogP contribution in [0.1, 0.15) is 33.1 Å². The number of carbonyl (C=O) groups excluding carboxylic acids is 1. The summed E-state index contributed by atoms with van der Waals surface area (Å²) in [7, 11) is 0. The molecule has 0 aromatic heterocycles. The third-order valence-electron chi connectivity index (χ3n) is 4.43. The van der Waals surface area contributed by atoms with Gasteiger partial charge in [0.15, 0.2) is 0 Å². The van der Waals surface area contributed by atoms with Crippen LogP contribution in [0.2, 0.25) is 0 Å². The molecule has 0 aromatic carbocycles. The van der Waals surface area contributed by atoms with Crippen LogP contribution in [-0.2, 0) is 9.59 Å². The number of carbonyl (C=O) groups is 2. The number of rotatable bonds is 2. The van der Waals surface area contributed by atoms with Gasteiger partial charge in [0.25, 0.3) is 0 Å². The van der Waals surface area contributed by atoms with Gasteiger partial charge in [-0.25, -0.2) is 0 Å². The minimum atomic E-state index is -0.747. The molecule has 0 bridgehead atoms. The van der Waals surface area contributed by atoms with Crippen LogP contribution < -0.4 is 0 Å². The number of carboxylic acids is 1. The molecule has 4 nitrogen and oxygen atoms in total. The Morgan fingerprint density at radius 3 is 2.06 bits per heavy atom. The molecule has 0 radical (unpaired) electrons. The third kappa shape index (κ3) is 2.45. The summed E-state index contributed by atoms with van der Waals surface area (Å²) in [5, 5.41) is 8.94. The predicted molar refractivity (Wildman–Crippen MR) is 63.4 cm³/mol. The number of hydrogen-bond donors (Lipinski definition) is 1. The van der Waals surface area contributed by atoms with Crippen LogP contribution in [0, 0.1) is 23.7 Å². The fourth-order valence-electron chi connectivity index (χ4n) is 3.00. The molecule has 2 aliphatic rings. The molecule has 4 atom stereocenters. The summed E-state index contributed by atoms with van der Waals surface area (Å²) in [6, 6.07) is 0. The molecule has 0 spiro atoms. The van der Waals surface area contributed by atoms with Crippen molar-refractivity contribution in [3.8, 4) is 0 Å². The fraction of sp³-hybridized carbons (Fsp3) is 0.846. The minimum absolute atomic E-state index is 0.0476. The Morgan fingerprint density at radius 2 is 1.59 bits per heavy atom. The van der Waals surface area contributed by atoms with Crippen LogP contribution in [0.4, 0.5) is 0 Å². The molecule has 1 aliphatic carbocycles. The van der Waals surface area contributed by atoms with Gasteiger partial charge in [-0.3, -0.25) is 9.59 Å². The summed E-state index contributed by atoms with van der Waals surface area (Å²) < 4.78 is 0. The zero-order valence-corrected chi connectivity index (χ0v) is 10.6. The van der Waals surface area contributed by atoms with Crippen molar-refractivity contribution in [3.05, 3.63) is 0 Å². The van der Waals surface area contributed by atoms with E-state index in [0.29, 0.717) is 24.7 Å². The van der Waals surface area contributed by atoms with E-state index in [9.17, 15) is 9.59 Å². The van der Waals surface area contributed by atoms with Gasteiger partial charge in [0.2, 0.25) is 5.91 Å². The highest BCUT2D eigenvalue weighted by Gasteiger charge is 2.38. The zero-order valence-electron chi connectivity index (χ0n) is 10.6. The lowest BCUT2D eigenvalue weighted by molar-refractivity contribution is -0.141. The Kier molecular flexibility index (Phi) is 3.40. The van der Waals surface area contributed by atoms with Crippen LogP contribution >= 0.6 is 0 Å². The van der Waals surface area contributed by atoms with Gasteiger partial charge in [-0.1, -0.05) is 13.8 Å². The first kappa shape index (κ1) is 12.4. The summed E-state index contributed by atoms with van der Waals surface area (Å²) in [6.07, 6.45) is 1.94. The molecule has 1 N–H and O–H groups in total. The average Bonchev–Trinajstić information content (AvgIpc) is 2.86. The summed E-state index contributed by atoms with van der Waals surface area (Å²) in [6.45, 7) is 6.03. The van der Waals surface area contributed by atoms with E-state index in [-0.39, 0.29) is 17.7 Å². The molecule has 2 fully saturated rings. The van der Waals surface area contributed by atoms with E-state index in [1.807, 2.05) is 4.90 Å². The normalized spacial score (nSPS) is 37.4. The lowest BCUT2D eigenvalue weighted by Gasteiger charge is -2.20. The fourth-order valence-corrected chi connectivity index (χ4v) is 3.00. The third-order valence-corrected chi connectivity index (χ3v) is 4.43. The van der Waals surface area contributed by atoms with E-state index in [0.717, 1.165) is 19.5 Å². The highest BCUT2D eigenvalue weighted by atomic mass is 16.4. The Morgan fingerprint density at radius 1 is 1.06 bits per heavy atom. The van der Waals surface area contributed by atoms with Crippen molar-refractivity contribution >= 4 is 11.9 Å². The lowest BCUT2D eigenvalue weighted by atomic mass is 10.0. The number of amides is 1. The maximum atomic E-state index is 12.2. The van der Waals surface area contributed by atoms with E-state index < -0.39 is 5.97 Å². The number of likely N-dealkylation sites (tertiary alicyclic amines) is 1. The molecule has 1 saturated carbocycles. The standard InChI is InChI=1S/C13H21NO3/c1-8-6-14(7-9(8)2)12(15)10-3-4-11(5-10)13(16)17/h8-11H,3-7H2,1-2H3,(H,16,17)/t8?,9?,10-,11+/m1/s1. The van der Waals surface area contributed by atoms with E-state index >= 15 is 0 Å². The van der Waals surface area contributed by atoms with Crippen molar-refractivity contribution < 1.29 is 14.7 Å². The predicted octanol–water partition coefficient (Wildman–Crippen LogP) is 1.60. The maximum Gasteiger partial charge on any atom is 0.306 e. The van der Waals surface area contributed by atoms with Crippen molar-refractivity contribution in [1.29, 1.82) is 0 Å². The molecular weight excluding hydrogens is 218 g/mol. The maximum absolute atomic E-state index is 12.2. The second-order valence-electron chi connectivity index (χ2n) is 5.74. The number of carboxylic acid groups (broad SMARTS) is 1. The second-order valence-corrected chi connectivity index (χ2v) is 5.74. The van der Waals surface area contributed by atoms with Crippen molar-refractivity contribution in [1.82, 2.24) is 4.90 Å². The molecule has 2 unspecified atom stereocenters. The smallest absolute Gasteiger partial charge is 0.306 e. The SMILES string of the molecule is CC1CN(C(=O)[C@@H]2CC[C@H](C(=O)O)C2)CC1C. The first-order valence-electron chi connectivity index (χ1n) is 6.50. The van der Waals surface area contributed by atoms with E-state index in [1.165, 1.54) is 0 Å². The van der Waals surface area contributed by atoms with Crippen molar-refractivity contribution in [2.75, 3.05) is 13.1 Å². The Labute approximate surface area is 102 Å². The van der Waals surface area contributed by atoms with Crippen LogP contribution in [0.15, 0.2) is 0 Å². The Balaban J connectivity index is 1.92. The molecule has 17 heavy (non-hydrogen) atoms. The van der Waals surface area contributed by atoms with Gasteiger partial charge in [-0.05, 0) is 31.1 Å². The van der Waals surface area contributed by atoms with Crippen LogP contribution in [0.5, 0.6) is 0 Å². The Hall–Kier alpha value is -1.06. The number of nitrogens with zero attached hydrogens (tertiary/aromatic N) is 1. The summed E-state index contributed by atoms with van der Waals surface area (Å²) in [5.41, 5.74) is 0. The molecule has 0 aromatic rings. The first-order valence-corrected chi connectivity index (χ1v) is 6.50. The molecule has 2 rings (SSSR count). The average molecular weight is 239 g/mol. The molecule has 1 aliphatic heterocycles. The number of hydrogen-bond acceptors (Lipinski definition) is 2. The number of aliphatic carboxylic acids is 1. The van der Waals surface area contributed by atoms with Gasteiger partial charge >= 0.3 is 5.97 Å². The van der Waals surface area contributed by atoms with Crippen molar-refractivity contribution in [3.63, 3.8) is 0 Å². The summed E-state index contributed by atoms with van der Waals surface area (Å²) in [5.74, 6) is 0.217. The highest BCUT2D eigenvalue weighted by Crippen LogP contribution is 2.34. The molecule has 1 heterocycles. The van der Waals surface area contributed by atoms with Crippen molar-refractivity contribution in [2.45, 2.75) is 33.1 Å². The largest absolute Gasteiger partial charge is 0.481 e. The van der Waals surface area contributed by atoms with Crippen LogP contribution in [0.25, 0.3) is 0 Å². The Bertz CT molecular complexity index is 319. The molecule has 4 heteroatoms. The van der Waals surface area contributed by atoms with Gasteiger partial charge in [0, 0.05) is 19.0 Å². The molecular formula is C13H21NO3. The monoisotopic (exact) mass is 239 g/mol. The summed E-state index contributed by atoms with van der Waals surface area (Å²) in [4.78, 5) is 25.0. The van der Waals surface area contributed by atoms with Gasteiger partial charge < -0.3 is 10.0 Å². The first-order chi connectivity index (χ1) is 7.99. The van der Waals surface area contributed by atoms with Crippen LogP contribution in [0.3, 0.4) is 0 Å². The van der Waals surface area contributed by atoms with Gasteiger partial charge in [0.05, 0.1) is 5.92 Å². The van der Waals surface area contributed by atoms with Gasteiger partial charge in [-0.15, -0.1) is 0 Å². The second kappa shape index (κ2) is 4.67. The zero-order chi connectivity index (χ0) is 12.6. The quantitative estimate of drug-likeness (QED) is 0.796. The van der Waals surface area contributed by atoms with E-state index in [4.69, 9.17) is 5.11 Å². The van der Waals surface area contributed by atoms with E-state index in [1.54, 1.807) is 0 Å².